The molecule has 5 heteroatoms. The van der Waals surface area contributed by atoms with E-state index in [-0.39, 0.29) is 0 Å². The molecule has 0 fully saturated rings. The van der Waals surface area contributed by atoms with Crippen molar-refractivity contribution in [3.05, 3.63) is 29.8 Å². The van der Waals surface area contributed by atoms with Gasteiger partial charge < -0.3 is 0 Å². The van der Waals surface area contributed by atoms with Crippen LogP contribution in [0.2, 0.25) is 0 Å². The van der Waals surface area contributed by atoms with E-state index in [0.717, 1.165) is 17.8 Å². The zero-order chi connectivity index (χ0) is 12.1. The van der Waals surface area contributed by atoms with Gasteiger partial charge in [-0.15, -0.1) is 5.10 Å². The van der Waals surface area contributed by atoms with E-state index in [4.69, 9.17) is 5.26 Å². The molecule has 1 heterocycles. The number of benzene rings is 1. The van der Waals surface area contributed by atoms with Crippen LogP contribution >= 0.6 is 0 Å². The Labute approximate surface area is 99.7 Å². The summed E-state index contributed by atoms with van der Waals surface area (Å²) in [5.74, 6) is 0.753. The maximum atomic E-state index is 8.50. The van der Waals surface area contributed by atoms with Crippen molar-refractivity contribution in [1.29, 1.82) is 5.26 Å². The van der Waals surface area contributed by atoms with E-state index in [1.54, 1.807) is 4.68 Å². The molecule has 0 saturated carbocycles. The monoisotopic (exact) mass is 227 g/mol. The summed E-state index contributed by atoms with van der Waals surface area (Å²) < 4.78 is 1.74. The summed E-state index contributed by atoms with van der Waals surface area (Å²) in [5, 5.41) is 20.1. The number of tetrazole rings is 1. The molecule has 0 unspecified atom stereocenters. The van der Waals surface area contributed by atoms with Crippen molar-refractivity contribution in [3.63, 3.8) is 0 Å². The number of aryl methyl sites for hydroxylation is 2. The van der Waals surface area contributed by atoms with Crippen LogP contribution in [0.4, 0.5) is 0 Å². The van der Waals surface area contributed by atoms with Crippen molar-refractivity contribution < 1.29 is 0 Å². The van der Waals surface area contributed by atoms with Crippen LogP contribution in [0.25, 0.3) is 11.4 Å². The number of hydrogen-bond donors (Lipinski definition) is 0. The molecule has 86 valence electrons. The van der Waals surface area contributed by atoms with E-state index >= 15 is 0 Å². The Morgan fingerprint density at radius 1 is 1.29 bits per heavy atom. The van der Waals surface area contributed by atoms with Gasteiger partial charge in [0.2, 0.25) is 0 Å². The summed E-state index contributed by atoms with van der Waals surface area (Å²) in [4.78, 5) is 0. The molecule has 0 aliphatic carbocycles. The Morgan fingerprint density at radius 3 is 2.76 bits per heavy atom. The number of nitrogens with zero attached hydrogens (tertiary/aromatic N) is 5. The summed E-state index contributed by atoms with van der Waals surface area (Å²) in [6, 6.07) is 10.2. The lowest BCUT2D eigenvalue weighted by Gasteiger charge is -2.03. The Hall–Kier alpha value is -2.22. The van der Waals surface area contributed by atoms with E-state index in [9.17, 15) is 0 Å². The molecule has 2 rings (SSSR count). The largest absolute Gasteiger partial charge is 0.225 e. The zero-order valence-electron chi connectivity index (χ0n) is 9.67. The van der Waals surface area contributed by atoms with Gasteiger partial charge in [0.15, 0.2) is 5.82 Å². The molecule has 0 N–H and O–H groups in total. The zero-order valence-corrected chi connectivity index (χ0v) is 9.67. The van der Waals surface area contributed by atoms with Crippen molar-refractivity contribution >= 4 is 0 Å². The Bertz CT molecular complexity index is 521. The molecule has 0 bridgehead atoms. The highest BCUT2D eigenvalue weighted by Crippen LogP contribution is 2.16. The van der Waals surface area contributed by atoms with Crippen LogP contribution < -0.4 is 0 Å². The lowest BCUT2D eigenvalue weighted by Crippen LogP contribution is -2.02. The molecule has 1 aromatic heterocycles. The predicted molar refractivity (Wildman–Crippen MR) is 62.8 cm³/mol. The smallest absolute Gasteiger partial charge is 0.182 e. The quantitative estimate of drug-likeness (QED) is 0.749. The number of unbranched alkanes of at least 4 members (excludes halogenated alkanes) is 1. The fraction of sp³-hybridized carbons (Fsp3) is 0.333. The number of hydrogen-bond acceptors (Lipinski definition) is 4. The molecule has 0 saturated heterocycles. The van der Waals surface area contributed by atoms with Crippen molar-refractivity contribution in [3.8, 4) is 17.5 Å². The molecule has 0 aliphatic rings. The molecular weight excluding hydrogens is 214 g/mol. The van der Waals surface area contributed by atoms with Crippen LogP contribution in [0.1, 0.15) is 18.4 Å². The molecule has 17 heavy (non-hydrogen) atoms. The summed E-state index contributed by atoms with van der Waals surface area (Å²) >= 11 is 0. The predicted octanol–water partition coefficient (Wildman–Crippen LogP) is 1.95. The molecule has 1 aromatic carbocycles. The third kappa shape index (κ3) is 2.67. The highest BCUT2D eigenvalue weighted by Gasteiger charge is 2.07. The van der Waals surface area contributed by atoms with Gasteiger partial charge in [-0.25, -0.2) is 4.68 Å². The average molecular weight is 227 g/mol. The minimum absolute atomic E-state index is 0.521. The van der Waals surface area contributed by atoms with E-state index in [1.165, 1.54) is 5.56 Å². The van der Waals surface area contributed by atoms with E-state index < -0.39 is 0 Å². The van der Waals surface area contributed by atoms with Crippen LogP contribution in [-0.4, -0.2) is 20.2 Å². The van der Waals surface area contributed by atoms with Gasteiger partial charge >= 0.3 is 0 Å². The molecule has 0 radical (unpaired) electrons. The highest BCUT2D eigenvalue weighted by atomic mass is 15.5. The Morgan fingerprint density at radius 2 is 2.06 bits per heavy atom. The van der Waals surface area contributed by atoms with E-state index in [2.05, 4.69) is 21.6 Å². The van der Waals surface area contributed by atoms with Crippen LogP contribution in [0.3, 0.4) is 0 Å². The maximum Gasteiger partial charge on any atom is 0.182 e. The van der Waals surface area contributed by atoms with Crippen molar-refractivity contribution in [2.24, 2.45) is 0 Å². The topological polar surface area (TPSA) is 67.4 Å². The third-order valence-electron chi connectivity index (χ3n) is 2.50. The SMILES string of the molecule is Cc1ccc(-c2nnnn2CCCC#N)cc1. The van der Waals surface area contributed by atoms with Gasteiger partial charge in [0.1, 0.15) is 0 Å². The van der Waals surface area contributed by atoms with Gasteiger partial charge in [-0.1, -0.05) is 29.8 Å². The molecule has 0 amide bonds. The third-order valence-corrected chi connectivity index (χ3v) is 2.50. The Balaban J connectivity index is 2.19. The number of aromatic nitrogens is 4. The first-order valence-electron chi connectivity index (χ1n) is 5.51. The first kappa shape index (κ1) is 11.3. The lowest BCUT2D eigenvalue weighted by atomic mass is 10.1. The van der Waals surface area contributed by atoms with Gasteiger partial charge in [0.05, 0.1) is 6.07 Å². The van der Waals surface area contributed by atoms with Crippen LogP contribution in [0, 0.1) is 18.3 Å². The molecule has 2 aromatic rings. The molecule has 0 atom stereocenters. The van der Waals surface area contributed by atoms with Gasteiger partial charge in [-0.2, -0.15) is 5.26 Å². The minimum Gasteiger partial charge on any atom is -0.225 e. The van der Waals surface area contributed by atoms with Crippen LogP contribution in [-0.2, 0) is 6.54 Å². The van der Waals surface area contributed by atoms with E-state index in [0.29, 0.717) is 13.0 Å². The second kappa shape index (κ2) is 5.21. The molecule has 0 aliphatic heterocycles. The van der Waals surface area contributed by atoms with Crippen molar-refractivity contribution in [2.45, 2.75) is 26.3 Å². The van der Waals surface area contributed by atoms with Crippen molar-refractivity contribution in [1.82, 2.24) is 20.2 Å². The first-order chi connectivity index (χ1) is 8.31. The normalized spacial score (nSPS) is 10.1. The molecular formula is C12H13N5. The molecule has 5 nitrogen and oxygen atoms in total. The second-order valence-electron chi connectivity index (χ2n) is 3.85. The van der Waals surface area contributed by atoms with Crippen LogP contribution in [0.5, 0.6) is 0 Å². The fourth-order valence-electron chi connectivity index (χ4n) is 1.57. The first-order valence-corrected chi connectivity index (χ1v) is 5.51. The summed E-state index contributed by atoms with van der Waals surface area (Å²) in [6.07, 6.45) is 1.29. The maximum absolute atomic E-state index is 8.50. The number of rotatable bonds is 4. The minimum atomic E-state index is 0.521. The Kier molecular flexibility index (Phi) is 3.46. The van der Waals surface area contributed by atoms with Gasteiger partial charge in [0, 0.05) is 18.5 Å². The fourth-order valence-corrected chi connectivity index (χ4v) is 1.57. The second-order valence-corrected chi connectivity index (χ2v) is 3.85. The average Bonchev–Trinajstić information content (AvgIpc) is 2.79. The van der Waals surface area contributed by atoms with Crippen LogP contribution in [0.15, 0.2) is 24.3 Å². The summed E-state index contributed by atoms with van der Waals surface area (Å²) in [6.45, 7) is 2.71. The van der Waals surface area contributed by atoms with Gasteiger partial charge in [-0.05, 0) is 23.8 Å². The van der Waals surface area contributed by atoms with Gasteiger partial charge in [-0.3, -0.25) is 0 Å². The number of nitriles is 1. The standard InChI is InChI=1S/C12H13N5/c1-10-4-6-11(7-5-10)12-14-15-16-17(12)9-3-2-8-13/h4-7H,2-3,9H2,1H3. The molecule has 0 spiro atoms. The summed E-state index contributed by atoms with van der Waals surface area (Å²) in [7, 11) is 0. The lowest BCUT2D eigenvalue weighted by molar-refractivity contribution is 0.569. The highest BCUT2D eigenvalue weighted by molar-refractivity contribution is 5.54. The van der Waals surface area contributed by atoms with E-state index in [1.807, 2.05) is 31.2 Å². The summed E-state index contributed by atoms with van der Waals surface area (Å²) in [5.41, 5.74) is 2.20. The van der Waals surface area contributed by atoms with Crippen molar-refractivity contribution in [2.75, 3.05) is 0 Å². The van der Waals surface area contributed by atoms with Gasteiger partial charge in [0.25, 0.3) is 0 Å².